The van der Waals surface area contributed by atoms with E-state index in [-0.39, 0.29) is 63.2 Å². The summed E-state index contributed by atoms with van der Waals surface area (Å²) < 4.78 is 12.2. The molecule has 0 aliphatic carbocycles. The van der Waals surface area contributed by atoms with Crippen LogP contribution in [0.2, 0.25) is 0 Å². The first kappa shape index (κ1) is 50.1. The molecule has 5 amide bonds. The Morgan fingerprint density at radius 2 is 1.53 bits per heavy atom. The van der Waals surface area contributed by atoms with Gasteiger partial charge in [-0.2, -0.15) is 5.26 Å². The van der Waals surface area contributed by atoms with Crippen LogP contribution < -0.4 is 47.9 Å². The van der Waals surface area contributed by atoms with Crippen molar-refractivity contribution in [2.45, 2.75) is 84.0 Å². The third kappa shape index (κ3) is 12.0. The van der Waals surface area contributed by atoms with Crippen molar-refractivity contribution in [3.8, 4) is 40.1 Å². The van der Waals surface area contributed by atoms with E-state index in [0.29, 0.717) is 51.0 Å². The lowest BCUT2D eigenvalue weighted by Crippen LogP contribution is -2.56. The van der Waals surface area contributed by atoms with Crippen LogP contribution in [-0.2, 0) is 31.0 Å². The highest BCUT2D eigenvalue weighted by atomic mass is 16.5. The molecule has 2 heterocycles. The molecule has 0 saturated heterocycles. The third-order valence-corrected chi connectivity index (χ3v) is 11.1. The van der Waals surface area contributed by atoms with Crippen LogP contribution in [0.1, 0.15) is 78.6 Å². The number of hydrogen-bond donors (Lipinski definition) is 7. The molecule has 10 N–H and O–H groups in total. The van der Waals surface area contributed by atoms with Crippen molar-refractivity contribution in [2.75, 3.05) is 46.4 Å². The van der Waals surface area contributed by atoms with Gasteiger partial charge in [0.15, 0.2) is 5.82 Å². The predicted octanol–water partition coefficient (Wildman–Crippen LogP) is 2.23. The van der Waals surface area contributed by atoms with E-state index in [1.165, 1.54) is 18.9 Å². The third-order valence-electron chi connectivity index (χ3n) is 11.1. The highest BCUT2D eigenvalue weighted by Crippen LogP contribution is 2.40. The number of nitrogens with zero attached hydrogens (tertiary/aromatic N) is 4. The predicted molar refractivity (Wildman–Crippen MR) is 249 cm³/mol. The van der Waals surface area contributed by atoms with Gasteiger partial charge in [0, 0.05) is 43.2 Å². The molecule has 1 aliphatic rings. The van der Waals surface area contributed by atoms with Crippen LogP contribution >= 0.6 is 0 Å². The van der Waals surface area contributed by atoms with Gasteiger partial charge in [0.2, 0.25) is 23.6 Å². The summed E-state index contributed by atoms with van der Waals surface area (Å²) in [6.07, 6.45) is 0.000956. The highest BCUT2D eigenvalue weighted by Gasteiger charge is 2.36. The fourth-order valence-corrected chi connectivity index (χ4v) is 7.66. The van der Waals surface area contributed by atoms with Gasteiger partial charge in [-0.05, 0) is 86.2 Å². The molecule has 18 nitrogen and oxygen atoms in total. The minimum absolute atomic E-state index is 0.000301. The fourth-order valence-electron chi connectivity index (χ4n) is 7.66. The molecule has 350 valence electrons. The summed E-state index contributed by atoms with van der Waals surface area (Å²) in [5.41, 5.74) is 22.3. The molecule has 4 bridgehead atoms. The number of aryl methyl sites for hydroxylation is 2. The average molecular weight is 904 g/mol. The number of rotatable bonds is 15. The first-order chi connectivity index (χ1) is 31.4. The topological polar surface area (TPSA) is 283 Å². The Labute approximate surface area is 385 Å². The molecular weight excluding hydrogens is 843 g/mol. The van der Waals surface area contributed by atoms with E-state index in [2.05, 4.69) is 42.0 Å². The molecule has 18 heteroatoms. The van der Waals surface area contributed by atoms with Crippen LogP contribution in [0.5, 0.6) is 11.5 Å². The van der Waals surface area contributed by atoms with E-state index in [0.717, 1.165) is 11.1 Å². The number of nitrogens with two attached hydrogens (primary N) is 3. The minimum atomic E-state index is -1.41. The Balaban J connectivity index is 1.58. The second-order valence-corrected chi connectivity index (χ2v) is 17.1. The molecule has 4 aromatic rings. The van der Waals surface area contributed by atoms with Gasteiger partial charge in [-0.15, -0.1) is 0 Å². The van der Waals surface area contributed by atoms with Gasteiger partial charge in [0.25, 0.3) is 5.91 Å². The minimum Gasteiger partial charge on any atom is -0.492 e. The molecule has 1 aliphatic heterocycles. The maximum absolute atomic E-state index is 14.7. The number of carbonyl (C=O) groups is 5. The summed E-state index contributed by atoms with van der Waals surface area (Å²) in [5, 5.41) is 19.9. The van der Waals surface area contributed by atoms with Crippen molar-refractivity contribution >= 4 is 29.5 Å². The Morgan fingerprint density at radius 3 is 2.14 bits per heavy atom. The Morgan fingerprint density at radius 1 is 0.894 bits per heavy atom. The Kier molecular flexibility index (Phi) is 16.9. The van der Waals surface area contributed by atoms with Gasteiger partial charge in [0.05, 0.1) is 23.0 Å². The Hall–Kier alpha value is -6.94. The van der Waals surface area contributed by atoms with Gasteiger partial charge in [-0.25, -0.2) is 9.97 Å². The van der Waals surface area contributed by atoms with Crippen LogP contribution in [0, 0.1) is 25.2 Å². The number of carbonyl (C=O) groups excluding carboxylic acids is 5. The number of amides is 5. The van der Waals surface area contributed by atoms with E-state index >= 15 is 0 Å². The lowest BCUT2D eigenvalue weighted by atomic mass is 9.86. The zero-order valence-electron chi connectivity index (χ0n) is 38.6. The zero-order chi connectivity index (χ0) is 48.3. The molecule has 0 fully saturated rings. The first-order valence-electron chi connectivity index (χ1n) is 21.8. The normalized spacial score (nSPS) is 16.7. The van der Waals surface area contributed by atoms with Gasteiger partial charge in [-0.3, -0.25) is 24.0 Å². The molecule has 0 spiro atoms. The van der Waals surface area contributed by atoms with Crippen LogP contribution in [0.3, 0.4) is 0 Å². The first-order valence-corrected chi connectivity index (χ1v) is 21.8. The van der Waals surface area contributed by atoms with Gasteiger partial charge in [0.1, 0.15) is 55.4 Å². The zero-order valence-corrected chi connectivity index (χ0v) is 38.6. The van der Waals surface area contributed by atoms with E-state index < -0.39 is 53.7 Å². The summed E-state index contributed by atoms with van der Waals surface area (Å²) >= 11 is 0. The number of hydrogen-bond acceptors (Lipinski definition) is 13. The number of fused-ring (bicyclic) bond motifs is 5. The number of likely N-dealkylation sites (N-methyl/N-ethyl adjacent to an activating group) is 1. The second kappa shape index (κ2) is 22.3. The molecule has 4 unspecified atom stereocenters. The van der Waals surface area contributed by atoms with Crippen molar-refractivity contribution in [1.82, 2.24) is 36.1 Å². The van der Waals surface area contributed by atoms with Crippen LogP contribution in [-0.4, -0.2) is 109 Å². The quantitative estimate of drug-likeness (QED) is 0.0845. The summed E-state index contributed by atoms with van der Waals surface area (Å²) in [6, 6.07) is 14.9. The molecule has 0 saturated carbocycles. The molecule has 5 rings (SSSR count). The van der Waals surface area contributed by atoms with Gasteiger partial charge in [-0.1, -0.05) is 51.1 Å². The van der Waals surface area contributed by atoms with Gasteiger partial charge >= 0.3 is 0 Å². The standard InChI is InChI=1S/C48H61N11O7/c1-27-40(28(2)55-42(54-27)32-9-8-10-33(25-32)48(4,5)6)45(62)57-36(15-16-49)47(64)59(7)41-31-12-14-39(66-22-19-52)35(26-31)34-23-30(11-13-38(34)65-21-18-51)24-37(44(61)53-20-17-50)58-43(60)29(3)56-46(41)63/h8-14,23,25-26,29,36-37,41H,15-16,18-22,24,49,51-52H2,1-7H3,(H,53,61)(H,56,63)(H,57,62)(H,58,60). The van der Waals surface area contributed by atoms with Gasteiger partial charge < -0.3 is 52.8 Å². The van der Waals surface area contributed by atoms with E-state index in [4.69, 9.17) is 36.6 Å². The number of ether oxygens (including phenoxy) is 2. The van der Waals surface area contributed by atoms with Crippen molar-refractivity contribution in [1.29, 1.82) is 5.26 Å². The van der Waals surface area contributed by atoms with Crippen LogP contribution in [0.15, 0.2) is 60.7 Å². The summed E-state index contributed by atoms with van der Waals surface area (Å²) in [4.78, 5) is 81.2. The maximum atomic E-state index is 14.7. The Bertz CT molecular complexity index is 2460. The molecular formula is C48H61N11O7. The van der Waals surface area contributed by atoms with E-state index in [1.807, 2.05) is 30.3 Å². The van der Waals surface area contributed by atoms with Crippen molar-refractivity contribution < 1.29 is 33.4 Å². The molecule has 66 heavy (non-hydrogen) atoms. The monoisotopic (exact) mass is 903 g/mol. The van der Waals surface area contributed by atoms with E-state index in [1.54, 1.807) is 50.2 Å². The second-order valence-electron chi connectivity index (χ2n) is 17.1. The maximum Gasteiger partial charge on any atom is 0.255 e. The summed E-state index contributed by atoms with van der Waals surface area (Å²) in [6.45, 7) is 11.5. The van der Waals surface area contributed by atoms with Crippen LogP contribution in [0.25, 0.3) is 22.5 Å². The summed E-state index contributed by atoms with van der Waals surface area (Å²) in [7, 11) is 1.42. The van der Waals surface area contributed by atoms with Crippen molar-refractivity contribution in [3.05, 3.63) is 94.3 Å². The fraction of sp³-hybridized carbons (Fsp3) is 0.417. The SMILES string of the molecule is Cc1nc(-c2cccc(C(C)(C)C)c2)nc(C)c1C(=O)NC(CCN)C(=O)N(C)C1C(=O)NC(C)C(=O)NC(C(=O)NCC#N)Cc2ccc(OCCN)c(c2)-c2cc1ccc2OCCN. The number of nitriles is 1. The number of aromatic nitrogens is 2. The van der Waals surface area contributed by atoms with Crippen molar-refractivity contribution in [3.63, 3.8) is 0 Å². The summed E-state index contributed by atoms with van der Waals surface area (Å²) in [5.74, 6) is -2.13. The number of benzene rings is 3. The van der Waals surface area contributed by atoms with Crippen molar-refractivity contribution in [2.24, 2.45) is 17.2 Å². The average Bonchev–Trinajstić information content (AvgIpc) is 3.28. The largest absolute Gasteiger partial charge is 0.492 e. The molecule has 4 atom stereocenters. The molecule has 1 aromatic heterocycles. The van der Waals surface area contributed by atoms with Crippen LogP contribution in [0.4, 0.5) is 0 Å². The van der Waals surface area contributed by atoms with E-state index in [9.17, 15) is 29.2 Å². The molecule has 0 radical (unpaired) electrons. The smallest absolute Gasteiger partial charge is 0.255 e. The lowest BCUT2D eigenvalue weighted by molar-refractivity contribution is -0.141. The number of nitrogens with one attached hydrogen (secondary N) is 4. The molecule has 3 aromatic carbocycles. The highest BCUT2D eigenvalue weighted by molar-refractivity contribution is 6.00. The lowest BCUT2D eigenvalue weighted by Gasteiger charge is -2.32.